The largest absolute Gasteiger partial charge is 0.456 e. The Bertz CT molecular complexity index is 680. The Morgan fingerprint density at radius 1 is 1.31 bits per heavy atom. The Balaban J connectivity index is 2.20. The summed E-state index contributed by atoms with van der Waals surface area (Å²) in [5.41, 5.74) is 2.13. The third kappa shape index (κ3) is 7.41. The molecule has 7 atom stereocenters. The molecule has 2 N–H and O–H groups in total. The minimum atomic E-state index is -1.26. The van der Waals surface area contributed by atoms with Gasteiger partial charge in [0.05, 0.1) is 11.7 Å². The van der Waals surface area contributed by atoms with Crippen LogP contribution in [-0.2, 0) is 19.0 Å². The molecule has 6 heteroatoms. The van der Waals surface area contributed by atoms with Crippen LogP contribution >= 0.6 is 0 Å². The van der Waals surface area contributed by atoms with Crippen molar-refractivity contribution in [2.24, 2.45) is 11.8 Å². The van der Waals surface area contributed by atoms with Gasteiger partial charge < -0.3 is 24.4 Å². The average Bonchev–Trinajstić information content (AvgIpc) is 2.69. The first-order valence-electron chi connectivity index (χ1n) is 12.1. The molecule has 0 spiro atoms. The van der Waals surface area contributed by atoms with E-state index in [0.717, 1.165) is 32.1 Å². The van der Waals surface area contributed by atoms with Crippen LogP contribution in [0, 0.1) is 11.8 Å². The summed E-state index contributed by atoms with van der Waals surface area (Å²) in [7, 11) is 0. The lowest BCUT2D eigenvalue weighted by Gasteiger charge is -2.47. The first kappa shape index (κ1) is 27.0. The quantitative estimate of drug-likeness (QED) is 0.390. The normalized spacial score (nSPS) is 32.8. The minimum Gasteiger partial charge on any atom is -0.456 e. The van der Waals surface area contributed by atoms with Crippen molar-refractivity contribution in [1.82, 2.24) is 0 Å². The highest BCUT2D eigenvalue weighted by molar-refractivity contribution is 5.69. The molecular formula is C26H44O6. The number of aliphatic hydroxyl groups excluding tert-OH is 2. The molecule has 0 aromatic carbocycles. The monoisotopic (exact) mass is 452 g/mol. The van der Waals surface area contributed by atoms with Gasteiger partial charge in [0.1, 0.15) is 12.2 Å². The fraction of sp³-hybridized carbons (Fsp3) is 0.808. The summed E-state index contributed by atoms with van der Waals surface area (Å²) in [5.74, 6) is -0.0194. The lowest BCUT2D eigenvalue weighted by atomic mass is 9.76. The SMILES string of the molecule is CC(C)=CCCC(C)(OC1OC(C)C(O)C(OC(=O)CC(C)C)C1O)C1CC=C(C)CC1. The van der Waals surface area contributed by atoms with Crippen LogP contribution in [0.3, 0.4) is 0 Å². The lowest BCUT2D eigenvalue weighted by molar-refractivity contribution is -0.327. The van der Waals surface area contributed by atoms with Gasteiger partial charge in [0.15, 0.2) is 12.4 Å². The van der Waals surface area contributed by atoms with E-state index in [1.165, 1.54) is 11.1 Å². The number of allylic oxidation sites excluding steroid dienone is 4. The van der Waals surface area contributed by atoms with Crippen LogP contribution in [0.4, 0.5) is 0 Å². The Morgan fingerprint density at radius 2 is 2.00 bits per heavy atom. The van der Waals surface area contributed by atoms with Crippen LogP contribution in [0.2, 0.25) is 0 Å². The Morgan fingerprint density at radius 3 is 2.56 bits per heavy atom. The molecule has 1 saturated heterocycles. The summed E-state index contributed by atoms with van der Waals surface area (Å²) in [6.45, 7) is 14.0. The Hall–Kier alpha value is -1.21. The van der Waals surface area contributed by atoms with E-state index in [1.54, 1.807) is 6.92 Å². The van der Waals surface area contributed by atoms with Gasteiger partial charge in [-0.1, -0.05) is 37.1 Å². The van der Waals surface area contributed by atoms with Crippen LogP contribution < -0.4 is 0 Å². The summed E-state index contributed by atoms with van der Waals surface area (Å²) in [4.78, 5) is 12.3. The van der Waals surface area contributed by atoms with E-state index in [2.05, 4.69) is 39.8 Å². The van der Waals surface area contributed by atoms with E-state index in [1.807, 2.05) is 13.8 Å². The van der Waals surface area contributed by atoms with Crippen molar-refractivity contribution in [1.29, 1.82) is 0 Å². The smallest absolute Gasteiger partial charge is 0.306 e. The topological polar surface area (TPSA) is 85.2 Å². The number of ether oxygens (including phenoxy) is 3. The van der Waals surface area contributed by atoms with Crippen LogP contribution in [0.5, 0.6) is 0 Å². The maximum atomic E-state index is 12.3. The van der Waals surface area contributed by atoms with Gasteiger partial charge in [-0.25, -0.2) is 0 Å². The van der Waals surface area contributed by atoms with Crippen molar-refractivity contribution in [3.05, 3.63) is 23.3 Å². The maximum Gasteiger partial charge on any atom is 0.306 e. The number of hydrogen-bond donors (Lipinski definition) is 2. The molecule has 0 aromatic rings. The summed E-state index contributed by atoms with van der Waals surface area (Å²) in [6.07, 6.45) is 4.27. The van der Waals surface area contributed by atoms with Gasteiger partial charge in [0.2, 0.25) is 0 Å². The highest BCUT2D eigenvalue weighted by Gasteiger charge is 2.49. The number of esters is 1. The van der Waals surface area contributed by atoms with E-state index in [0.29, 0.717) is 0 Å². The molecule has 7 unspecified atom stereocenters. The zero-order valence-corrected chi connectivity index (χ0v) is 21.0. The first-order chi connectivity index (χ1) is 14.9. The average molecular weight is 453 g/mol. The fourth-order valence-corrected chi connectivity index (χ4v) is 4.56. The first-order valence-corrected chi connectivity index (χ1v) is 12.1. The van der Waals surface area contributed by atoms with Crippen LogP contribution in [0.1, 0.15) is 87.0 Å². The van der Waals surface area contributed by atoms with E-state index < -0.39 is 42.3 Å². The zero-order chi connectivity index (χ0) is 24.1. The van der Waals surface area contributed by atoms with Crippen LogP contribution in [0.15, 0.2) is 23.3 Å². The maximum absolute atomic E-state index is 12.3. The van der Waals surface area contributed by atoms with Crippen molar-refractivity contribution in [2.75, 3.05) is 0 Å². The third-order valence-corrected chi connectivity index (χ3v) is 6.70. The molecule has 2 rings (SSSR count). The van der Waals surface area contributed by atoms with Gasteiger partial charge in [0, 0.05) is 6.42 Å². The molecule has 0 saturated carbocycles. The molecule has 1 aliphatic heterocycles. The molecule has 1 fully saturated rings. The standard InChI is InChI=1S/C26H44O6/c1-16(2)9-8-14-26(7,20-12-10-18(5)11-13-20)32-25-23(29)24(22(28)19(6)30-25)31-21(27)15-17(3)4/h9-10,17,19-20,22-25,28-29H,8,11-15H2,1-7H3. The van der Waals surface area contributed by atoms with Gasteiger partial charge in [-0.2, -0.15) is 0 Å². The summed E-state index contributed by atoms with van der Waals surface area (Å²) >= 11 is 0. The van der Waals surface area contributed by atoms with E-state index in [4.69, 9.17) is 14.2 Å². The van der Waals surface area contributed by atoms with Crippen molar-refractivity contribution in [3.63, 3.8) is 0 Å². The Labute approximate surface area is 194 Å². The van der Waals surface area contributed by atoms with Gasteiger partial charge in [-0.05, 0) is 78.6 Å². The van der Waals surface area contributed by atoms with Gasteiger partial charge in [0.25, 0.3) is 0 Å². The Kier molecular flexibility index (Phi) is 9.95. The molecule has 0 bridgehead atoms. The third-order valence-electron chi connectivity index (χ3n) is 6.70. The number of aliphatic hydroxyl groups is 2. The number of carbonyl (C=O) groups excluding carboxylic acids is 1. The number of carbonyl (C=O) groups is 1. The van der Waals surface area contributed by atoms with E-state index in [-0.39, 0.29) is 18.3 Å². The number of hydrogen-bond acceptors (Lipinski definition) is 6. The van der Waals surface area contributed by atoms with Crippen molar-refractivity contribution in [3.8, 4) is 0 Å². The highest BCUT2D eigenvalue weighted by Crippen LogP contribution is 2.40. The predicted octanol–water partition coefficient (Wildman–Crippen LogP) is 4.68. The van der Waals surface area contributed by atoms with Gasteiger partial charge >= 0.3 is 5.97 Å². The zero-order valence-electron chi connectivity index (χ0n) is 21.0. The highest BCUT2D eigenvalue weighted by atomic mass is 16.7. The van der Waals surface area contributed by atoms with E-state index in [9.17, 15) is 15.0 Å². The molecule has 6 nitrogen and oxygen atoms in total. The summed E-state index contributed by atoms with van der Waals surface area (Å²) in [6, 6.07) is 0. The molecule has 184 valence electrons. The van der Waals surface area contributed by atoms with Crippen molar-refractivity contribution < 1.29 is 29.2 Å². The van der Waals surface area contributed by atoms with Gasteiger partial charge in [-0.3, -0.25) is 4.79 Å². The molecule has 0 radical (unpaired) electrons. The second-order valence-corrected chi connectivity index (χ2v) is 10.5. The molecule has 0 aromatic heterocycles. The van der Waals surface area contributed by atoms with Crippen molar-refractivity contribution in [2.45, 2.75) is 123 Å². The van der Waals surface area contributed by atoms with E-state index >= 15 is 0 Å². The molecular weight excluding hydrogens is 408 g/mol. The molecule has 1 aliphatic carbocycles. The van der Waals surface area contributed by atoms with Gasteiger partial charge in [-0.15, -0.1) is 0 Å². The molecule has 2 aliphatic rings. The summed E-state index contributed by atoms with van der Waals surface area (Å²) < 4.78 is 17.9. The number of rotatable bonds is 9. The van der Waals surface area contributed by atoms with Crippen molar-refractivity contribution >= 4 is 5.97 Å². The minimum absolute atomic E-state index is 0.127. The summed E-state index contributed by atoms with van der Waals surface area (Å²) in [5, 5.41) is 21.6. The van der Waals surface area contributed by atoms with Crippen LogP contribution in [0.25, 0.3) is 0 Å². The fourth-order valence-electron chi connectivity index (χ4n) is 4.56. The van der Waals surface area contributed by atoms with Crippen LogP contribution in [-0.4, -0.2) is 52.5 Å². The lowest BCUT2D eigenvalue weighted by Crippen LogP contribution is -2.61. The predicted molar refractivity (Wildman–Crippen MR) is 125 cm³/mol. The second kappa shape index (κ2) is 11.8. The molecule has 1 heterocycles. The molecule has 32 heavy (non-hydrogen) atoms. The second-order valence-electron chi connectivity index (χ2n) is 10.5. The molecule has 0 amide bonds.